The second-order valence-electron chi connectivity index (χ2n) is 6.10. The first-order valence-electron chi connectivity index (χ1n) is 8.27. The Morgan fingerprint density at radius 2 is 1.92 bits per heavy atom. The minimum Gasteiger partial charge on any atom is -0.353 e. The molecule has 1 N–H and O–H groups in total. The number of benzene rings is 2. The van der Waals surface area contributed by atoms with Gasteiger partial charge in [-0.2, -0.15) is 0 Å². The van der Waals surface area contributed by atoms with Crippen LogP contribution in [-0.4, -0.2) is 21.1 Å². The van der Waals surface area contributed by atoms with E-state index in [0.29, 0.717) is 9.79 Å². The Balaban J connectivity index is 1.86. The summed E-state index contributed by atoms with van der Waals surface area (Å²) in [5, 5.41) is 2.62. The van der Waals surface area contributed by atoms with Crippen LogP contribution >= 0.6 is 0 Å². The molecular weight excluding hydrogens is 338 g/mol. The molecule has 6 heteroatoms. The Bertz CT molecular complexity index is 862. The quantitative estimate of drug-likeness (QED) is 0.833. The van der Waals surface area contributed by atoms with Gasteiger partial charge in [-0.25, -0.2) is 8.42 Å². The van der Waals surface area contributed by atoms with Gasteiger partial charge in [-0.1, -0.05) is 24.3 Å². The highest BCUT2D eigenvalue weighted by atomic mass is 32.2. The molecule has 1 amide bonds. The van der Waals surface area contributed by atoms with Crippen molar-refractivity contribution in [3.05, 3.63) is 59.7 Å². The Hall–Kier alpha value is -2.18. The molecule has 1 unspecified atom stereocenters. The van der Waals surface area contributed by atoms with Crippen molar-refractivity contribution in [1.29, 1.82) is 0 Å². The largest absolute Gasteiger partial charge is 0.353 e. The molecular formula is C19H21NO4S. The maximum atomic E-state index is 12.8. The highest BCUT2D eigenvalue weighted by molar-refractivity contribution is 7.91. The van der Waals surface area contributed by atoms with Gasteiger partial charge in [-0.15, -0.1) is 0 Å². The molecule has 0 aromatic heterocycles. The van der Waals surface area contributed by atoms with Gasteiger partial charge in [0.1, 0.15) is 6.73 Å². The van der Waals surface area contributed by atoms with E-state index in [-0.39, 0.29) is 18.7 Å². The lowest BCUT2D eigenvalue weighted by atomic mass is 9.89. The summed E-state index contributed by atoms with van der Waals surface area (Å²) in [5.74, 6) is -0.139. The third-order valence-electron chi connectivity index (χ3n) is 4.34. The van der Waals surface area contributed by atoms with Crippen LogP contribution in [0.3, 0.4) is 0 Å². The average molecular weight is 359 g/mol. The number of aryl methyl sites for hydroxylation is 1. The summed E-state index contributed by atoms with van der Waals surface area (Å²) in [7, 11) is -3.52. The average Bonchev–Trinajstić information content (AvgIpc) is 2.62. The van der Waals surface area contributed by atoms with Gasteiger partial charge < -0.3 is 10.1 Å². The Labute approximate surface area is 147 Å². The van der Waals surface area contributed by atoms with E-state index in [1.807, 2.05) is 6.07 Å². The molecule has 25 heavy (non-hydrogen) atoms. The number of hydrogen-bond donors (Lipinski definition) is 1. The third-order valence-corrected chi connectivity index (χ3v) is 6.11. The number of fused-ring (bicyclic) bond motifs is 1. The van der Waals surface area contributed by atoms with Crippen LogP contribution in [0.5, 0.6) is 0 Å². The minimum atomic E-state index is -3.52. The number of amides is 1. The van der Waals surface area contributed by atoms with Crippen LogP contribution in [0.15, 0.2) is 58.3 Å². The van der Waals surface area contributed by atoms with Crippen LogP contribution in [-0.2, 0) is 25.8 Å². The first-order chi connectivity index (χ1) is 12.0. The zero-order valence-electron chi connectivity index (χ0n) is 14.1. The van der Waals surface area contributed by atoms with Crippen molar-refractivity contribution >= 4 is 15.7 Å². The summed E-state index contributed by atoms with van der Waals surface area (Å²) in [6.07, 6.45) is 2.49. The monoisotopic (exact) mass is 359 g/mol. The van der Waals surface area contributed by atoms with Crippen molar-refractivity contribution in [2.75, 3.05) is 6.73 Å². The van der Waals surface area contributed by atoms with Gasteiger partial charge in [0.25, 0.3) is 0 Å². The predicted molar refractivity (Wildman–Crippen MR) is 93.8 cm³/mol. The molecule has 2 aromatic carbocycles. The fourth-order valence-corrected chi connectivity index (χ4v) is 4.40. The van der Waals surface area contributed by atoms with Crippen molar-refractivity contribution in [3.8, 4) is 0 Å². The van der Waals surface area contributed by atoms with E-state index in [1.165, 1.54) is 6.92 Å². The Kier molecular flexibility index (Phi) is 5.20. The van der Waals surface area contributed by atoms with Gasteiger partial charge >= 0.3 is 0 Å². The minimum absolute atomic E-state index is 0.121. The molecule has 1 aliphatic carbocycles. The van der Waals surface area contributed by atoms with E-state index >= 15 is 0 Å². The lowest BCUT2D eigenvalue weighted by molar-refractivity contribution is -0.121. The molecule has 2 aromatic rings. The number of sulfone groups is 1. The molecule has 132 valence electrons. The molecule has 0 spiro atoms. The maximum Gasteiger partial charge on any atom is 0.218 e. The molecule has 0 aliphatic heterocycles. The molecule has 0 fully saturated rings. The molecule has 1 atom stereocenters. The SMILES string of the molecule is CC(=O)NCOC1CCCc2cc(S(=O)(=O)c3ccccc3)ccc21. The summed E-state index contributed by atoms with van der Waals surface area (Å²) in [4.78, 5) is 11.6. The van der Waals surface area contributed by atoms with E-state index < -0.39 is 9.84 Å². The zero-order valence-corrected chi connectivity index (χ0v) is 14.9. The highest BCUT2D eigenvalue weighted by Gasteiger charge is 2.24. The fraction of sp³-hybridized carbons (Fsp3) is 0.316. The maximum absolute atomic E-state index is 12.8. The van der Waals surface area contributed by atoms with E-state index in [2.05, 4.69) is 5.32 Å². The number of ether oxygens (including phenoxy) is 1. The second kappa shape index (κ2) is 7.37. The highest BCUT2D eigenvalue weighted by Crippen LogP contribution is 2.34. The van der Waals surface area contributed by atoms with Gasteiger partial charge in [-0.05, 0) is 54.7 Å². The topological polar surface area (TPSA) is 72.5 Å². The van der Waals surface area contributed by atoms with Crippen LogP contribution in [0.4, 0.5) is 0 Å². The van der Waals surface area contributed by atoms with Crippen molar-refractivity contribution in [1.82, 2.24) is 5.32 Å². The molecule has 0 heterocycles. The molecule has 1 aliphatic rings. The lowest BCUT2D eigenvalue weighted by Crippen LogP contribution is -2.25. The predicted octanol–water partition coefficient (Wildman–Crippen LogP) is 3.01. The van der Waals surface area contributed by atoms with Gasteiger partial charge in [0.15, 0.2) is 0 Å². The summed E-state index contributed by atoms with van der Waals surface area (Å²) in [6, 6.07) is 13.7. The Morgan fingerprint density at radius 3 is 2.64 bits per heavy atom. The summed E-state index contributed by atoms with van der Waals surface area (Å²) >= 11 is 0. The van der Waals surface area contributed by atoms with Crippen LogP contribution in [0.1, 0.15) is 37.0 Å². The first kappa shape index (κ1) is 17.6. The first-order valence-corrected chi connectivity index (χ1v) is 9.76. The number of carbonyl (C=O) groups excluding carboxylic acids is 1. The standard InChI is InChI=1S/C19H21NO4S/c1-14(21)20-13-24-19-9-5-6-15-12-17(10-11-18(15)19)25(22,23)16-7-3-2-4-8-16/h2-4,7-8,10-12,19H,5-6,9,13H2,1H3,(H,20,21). The van der Waals surface area contributed by atoms with Crippen molar-refractivity contribution in [3.63, 3.8) is 0 Å². The van der Waals surface area contributed by atoms with E-state index in [4.69, 9.17) is 4.74 Å². The number of carbonyl (C=O) groups is 1. The van der Waals surface area contributed by atoms with Crippen molar-refractivity contribution in [2.45, 2.75) is 42.1 Å². The van der Waals surface area contributed by atoms with Gasteiger partial charge in [0.05, 0.1) is 15.9 Å². The second-order valence-corrected chi connectivity index (χ2v) is 8.05. The number of nitrogens with one attached hydrogen (secondary N) is 1. The fourth-order valence-electron chi connectivity index (χ4n) is 3.07. The van der Waals surface area contributed by atoms with Crippen molar-refractivity contribution < 1.29 is 17.9 Å². The molecule has 5 nitrogen and oxygen atoms in total. The normalized spacial score (nSPS) is 16.9. The van der Waals surface area contributed by atoms with Gasteiger partial charge in [0.2, 0.25) is 15.7 Å². The molecule has 0 bridgehead atoms. The van der Waals surface area contributed by atoms with Crippen LogP contribution < -0.4 is 5.32 Å². The summed E-state index contributed by atoms with van der Waals surface area (Å²) in [6.45, 7) is 1.60. The lowest BCUT2D eigenvalue weighted by Gasteiger charge is -2.26. The van der Waals surface area contributed by atoms with Crippen LogP contribution in [0.25, 0.3) is 0 Å². The number of hydrogen-bond acceptors (Lipinski definition) is 4. The molecule has 0 saturated carbocycles. The van der Waals surface area contributed by atoms with Crippen LogP contribution in [0, 0.1) is 0 Å². The van der Waals surface area contributed by atoms with E-state index in [0.717, 1.165) is 30.4 Å². The van der Waals surface area contributed by atoms with Crippen molar-refractivity contribution in [2.24, 2.45) is 0 Å². The summed E-state index contributed by atoms with van der Waals surface area (Å²) < 4.78 is 31.3. The van der Waals surface area contributed by atoms with Gasteiger partial charge in [-0.3, -0.25) is 4.79 Å². The Morgan fingerprint density at radius 1 is 1.16 bits per heavy atom. The zero-order chi connectivity index (χ0) is 17.9. The van der Waals surface area contributed by atoms with Crippen LogP contribution in [0.2, 0.25) is 0 Å². The summed E-state index contributed by atoms with van der Waals surface area (Å²) in [5.41, 5.74) is 2.00. The third kappa shape index (κ3) is 3.91. The molecule has 0 saturated heterocycles. The molecule has 0 radical (unpaired) electrons. The van der Waals surface area contributed by atoms with Gasteiger partial charge in [0, 0.05) is 6.92 Å². The van der Waals surface area contributed by atoms with E-state index in [9.17, 15) is 13.2 Å². The number of rotatable bonds is 5. The molecule has 3 rings (SSSR count). The van der Waals surface area contributed by atoms with E-state index in [1.54, 1.807) is 42.5 Å². The smallest absolute Gasteiger partial charge is 0.218 e.